The quantitative estimate of drug-likeness (QED) is 0.400. The van der Waals surface area contributed by atoms with Gasteiger partial charge in [-0.15, -0.1) is 0 Å². The topological polar surface area (TPSA) is 46.6 Å². The summed E-state index contributed by atoms with van der Waals surface area (Å²) >= 11 is 0. The Morgan fingerprint density at radius 1 is 1.16 bits per heavy atom. The average molecular weight is 456 g/mol. The van der Waals surface area contributed by atoms with Gasteiger partial charge in [0.25, 0.3) is 0 Å². The van der Waals surface area contributed by atoms with Gasteiger partial charge in [0.1, 0.15) is 12.4 Å². The van der Waals surface area contributed by atoms with Gasteiger partial charge in [0.15, 0.2) is 0 Å². The number of rotatable bonds is 9. The smallest absolute Gasteiger partial charge is 0.338 e. The third-order valence-electron chi connectivity index (χ3n) is 5.77. The summed E-state index contributed by atoms with van der Waals surface area (Å²) in [5, 5.41) is 0. The van der Waals surface area contributed by atoms with Gasteiger partial charge in [-0.2, -0.15) is 0 Å². The number of carbonyl (C=O) groups excluding carboxylic acids is 1. The van der Waals surface area contributed by atoms with Crippen molar-refractivity contribution in [3.8, 4) is 0 Å². The van der Waals surface area contributed by atoms with Crippen LogP contribution in [0.3, 0.4) is 0 Å². The van der Waals surface area contributed by atoms with Gasteiger partial charge >= 0.3 is 5.97 Å². The summed E-state index contributed by atoms with van der Waals surface area (Å²) in [6.45, 7) is 8.83. The van der Waals surface area contributed by atoms with E-state index in [0.29, 0.717) is 23.4 Å². The minimum Gasteiger partial charge on any atom is -0.461 e. The molecule has 0 bridgehead atoms. The maximum Gasteiger partial charge on any atom is 0.338 e. The average Bonchev–Trinajstić information content (AvgIpc) is 3.10. The van der Waals surface area contributed by atoms with Crippen molar-refractivity contribution < 1.29 is 18.1 Å². The van der Waals surface area contributed by atoms with E-state index in [-0.39, 0.29) is 12.4 Å². The molecule has 6 heteroatoms. The number of allylic oxidation sites excluding steroid dienone is 1. The van der Waals surface area contributed by atoms with Crippen molar-refractivity contribution in [2.75, 3.05) is 32.5 Å². The van der Waals surface area contributed by atoms with Crippen molar-refractivity contribution in [2.45, 2.75) is 32.1 Å². The molecule has 0 spiro atoms. The molecule has 0 N–H and O–H groups in total. The van der Waals surface area contributed by atoms with Gasteiger partial charge in [-0.1, -0.05) is 37.6 Å². The second-order valence-electron chi connectivity index (χ2n) is 7.88. The molecule has 0 radical (unpaired) electrons. The van der Waals surface area contributed by atoms with Crippen LogP contribution in [0.2, 0.25) is 0 Å². The Bertz CT molecular complexity index is 1070. The fourth-order valence-electron chi connectivity index (χ4n) is 3.96. The van der Waals surface area contributed by atoms with E-state index in [1.54, 1.807) is 30.5 Å². The first-order valence-corrected chi connectivity index (χ1v) is 12.4. The molecule has 1 aliphatic rings. The van der Waals surface area contributed by atoms with E-state index in [0.717, 1.165) is 40.9 Å². The fourth-order valence-corrected chi connectivity index (χ4v) is 4.47. The van der Waals surface area contributed by atoms with Gasteiger partial charge in [-0.3, -0.25) is 4.21 Å². The number of halogens is 1. The van der Waals surface area contributed by atoms with Crippen LogP contribution in [0.25, 0.3) is 11.6 Å². The third kappa shape index (κ3) is 5.61. The normalized spacial score (nSPS) is 14.6. The van der Waals surface area contributed by atoms with Crippen LogP contribution < -0.4 is 0 Å². The van der Waals surface area contributed by atoms with Crippen molar-refractivity contribution in [1.29, 1.82) is 0 Å². The number of carbonyl (C=O) groups is 1. The Labute approximate surface area is 192 Å². The molecule has 0 aromatic heterocycles. The lowest BCUT2D eigenvalue weighted by Gasteiger charge is -2.18. The van der Waals surface area contributed by atoms with Crippen LogP contribution in [-0.4, -0.2) is 47.6 Å². The predicted molar refractivity (Wildman–Crippen MR) is 128 cm³/mol. The second-order valence-corrected chi connectivity index (χ2v) is 9.26. The highest BCUT2D eigenvalue weighted by molar-refractivity contribution is 7.84. The van der Waals surface area contributed by atoms with Gasteiger partial charge in [-0.05, 0) is 79.0 Å². The molecule has 170 valence electrons. The van der Waals surface area contributed by atoms with E-state index in [4.69, 9.17) is 4.74 Å². The molecule has 0 saturated carbocycles. The van der Waals surface area contributed by atoms with Crippen LogP contribution in [0.4, 0.5) is 4.39 Å². The fraction of sp³-hybridized carbons (Fsp3) is 0.346. The summed E-state index contributed by atoms with van der Waals surface area (Å²) in [7, 11) is -1.08. The SMILES string of the molecule is CCN(CC)CCOC(=O)/C(=C\c1ccc(S(C)=O)cc1)C1=C(C)Cc2ccc(F)cc21. The summed E-state index contributed by atoms with van der Waals surface area (Å²) in [4.78, 5) is 16.1. The Kier molecular flexibility index (Phi) is 8.15. The molecule has 1 atom stereocenters. The molecule has 0 fully saturated rings. The number of benzene rings is 2. The Morgan fingerprint density at radius 2 is 1.84 bits per heavy atom. The second kappa shape index (κ2) is 10.8. The molecular formula is C26H30FNO3S. The number of hydrogen-bond acceptors (Lipinski definition) is 4. The highest BCUT2D eigenvalue weighted by Gasteiger charge is 2.27. The number of ether oxygens (including phenoxy) is 1. The van der Waals surface area contributed by atoms with Crippen LogP contribution in [0.15, 0.2) is 58.5 Å². The third-order valence-corrected chi connectivity index (χ3v) is 6.71. The van der Waals surface area contributed by atoms with Crippen LogP contribution >= 0.6 is 0 Å². The van der Waals surface area contributed by atoms with Gasteiger partial charge in [0.05, 0.1) is 5.57 Å². The first kappa shape index (κ1) is 24.1. The Morgan fingerprint density at radius 3 is 2.47 bits per heavy atom. The standard InChI is InChI=1S/C26H30FNO3S/c1-5-28(6-2)13-14-31-26(29)24(16-19-7-11-22(12-8-19)32(4)30)25-18(3)15-20-9-10-21(27)17-23(20)25/h7-12,16-17H,5-6,13-15H2,1-4H3/b24-16-. The molecule has 0 aliphatic heterocycles. The number of fused-ring (bicyclic) bond motifs is 1. The van der Waals surface area contributed by atoms with E-state index in [1.807, 2.05) is 19.1 Å². The molecule has 2 aromatic carbocycles. The zero-order chi connectivity index (χ0) is 23.3. The van der Waals surface area contributed by atoms with E-state index in [9.17, 15) is 13.4 Å². The molecule has 4 nitrogen and oxygen atoms in total. The van der Waals surface area contributed by atoms with Crippen molar-refractivity contribution in [1.82, 2.24) is 4.90 Å². The lowest BCUT2D eigenvalue weighted by molar-refractivity contribution is -0.138. The summed E-state index contributed by atoms with van der Waals surface area (Å²) in [5.41, 5.74) is 4.68. The lowest BCUT2D eigenvalue weighted by atomic mass is 9.95. The largest absolute Gasteiger partial charge is 0.461 e. The summed E-state index contributed by atoms with van der Waals surface area (Å²) in [5.74, 6) is -0.758. The van der Waals surface area contributed by atoms with E-state index in [1.165, 1.54) is 12.1 Å². The monoisotopic (exact) mass is 455 g/mol. The van der Waals surface area contributed by atoms with Gasteiger partial charge in [0, 0.05) is 28.5 Å². The van der Waals surface area contributed by atoms with Crippen molar-refractivity contribution in [3.63, 3.8) is 0 Å². The van der Waals surface area contributed by atoms with Crippen LogP contribution in [-0.2, 0) is 26.8 Å². The van der Waals surface area contributed by atoms with E-state index < -0.39 is 16.8 Å². The van der Waals surface area contributed by atoms with E-state index >= 15 is 0 Å². The maximum absolute atomic E-state index is 14.1. The van der Waals surface area contributed by atoms with Crippen LogP contribution in [0, 0.1) is 5.82 Å². The number of likely N-dealkylation sites (N-methyl/N-ethyl adjacent to an activating group) is 1. The highest BCUT2D eigenvalue weighted by Crippen LogP contribution is 2.39. The Hall–Kier alpha value is -2.57. The van der Waals surface area contributed by atoms with Gasteiger partial charge in [0.2, 0.25) is 0 Å². The molecule has 2 aromatic rings. The molecule has 0 amide bonds. The highest BCUT2D eigenvalue weighted by atomic mass is 32.2. The zero-order valence-electron chi connectivity index (χ0n) is 19.1. The first-order chi connectivity index (χ1) is 15.3. The van der Waals surface area contributed by atoms with Crippen molar-refractivity contribution in [2.24, 2.45) is 0 Å². The van der Waals surface area contributed by atoms with Crippen LogP contribution in [0.1, 0.15) is 37.5 Å². The maximum atomic E-state index is 14.1. The molecule has 3 rings (SSSR count). The van der Waals surface area contributed by atoms with Crippen molar-refractivity contribution >= 4 is 28.4 Å². The molecule has 32 heavy (non-hydrogen) atoms. The van der Waals surface area contributed by atoms with Gasteiger partial charge < -0.3 is 9.64 Å². The van der Waals surface area contributed by atoms with Gasteiger partial charge in [-0.25, -0.2) is 9.18 Å². The molecule has 1 aliphatic carbocycles. The van der Waals surface area contributed by atoms with E-state index in [2.05, 4.69) is 18.7 Å². The minimum atomic E-state index is -1.08. The molecule has 0 saturated heterocycles. The summed E-state index contributed by atoms with van der Waals surface area (Å²) in [6.07, 6.45) is 4.07. The summed E-state index contributed by atoms with van der Waals surface area (Å²) in [6, 6.07) is 11.9. The van der Waals surface area contributed by atoms with Crippen LogP contribution in [0.5, 0.6) is 0 Å². The number of esters is 1. The summed E-state index contributed by atoms with van der Waals surface area (Å²) < 4.78 is 31.4. The predicted octanol–water partition coefficient (Wildman–Crippen LogP) is 4.86. The minimum absolute atomic E-state index is 0.286. The number of hydrogen-bond donors (Lipinski definition) is 0. The number of nitrogens with zero attached hydrogens (tertiary/aromatic N) is 1. The Balaban J connectivity index is 1.97. The first-order valence-electron chi connectivity index (χ1n) is 10.9. The lowest BCUT2D eigenvalue weighted by Crippen LogP contribution is -2.28. The van der Waals surface area contributed by atoms with Crippen molar-refractivity contribution in [3.05, 3.63) is 76.1 Å². The molecule has 1 unspecified atom stereocenters. The zero-order valence-corrected chi connectivity index (χ0v) is 19.9. The molecule has 0 heterocycles. The molecular weight excluding hydrogens is 425 g/mol.